The highest BCUT2D eigenvalue weighted by Gasteiger charge is 2.13. The van der Waals surface area contributed by atoms with E-state index in [4.69, 9.17) is 9.94 Å². The van der Waals surface area contributed by atoms with E-state index in [0.29, 0.717) is 17.7 Å². The minimum atomic E-state index is -0.595. The fourth-order valence-corrected chi connectivity index (χ4v) is 2.89. The molecule has 2 aromatic rings. The number of hydrogen-bond acceptors (Lipinski definition) is 5. The van der Waals surface area contributed by atoms with E-state index >= 15 is 0 Å². The van der Waals surface area contributed by atoms with Crippen molar-refractivity contribution in [1.82, 2.24) is 10.8 Å². The topological polar surface area (TPSA) is 87.7 Å². The third-order valence-electron chi connectivity index (χ3n) is 3.84. The van der Waals surface area contributed by atoms with Crippen LogP contribution < -0.4 is 15.5 Å². The number of rotatable bonds is 10. The molecule has 0 fully saturated rings. The summed E-state index contributed by atoms with van der Waals surface area (Å²) in [5, 5.41) is 11.5. The quantitative estimate of drug-likeness (QED) is 0.187. The molecule has 0 aliphatic heterocycles. The van der Waals surface area contributed by atoms with Crippen molar-refractivity contribution < 1.29 is 19.5 Å². The number of thioether (sulfide) groups is 1. The van der Waals surface area contributed by atoms with Crippen molar-refractivity contribution in [3.8, 4) is 5.75 Å². The fraction of sp³-hybridized carbons (Fsp3) is 0.238. The van der Waals surface area contributed by atoms with E-state index in [-0.39, 0.29) is 5.91 Å². The normalized spacial score (nSPS) is 11.8. The number of ether oxygens (including phenoxy) is 1. The first-order valence-electron chi connectivity index (χ1n) is 8.86. The van der Waals surface area contributed by atoms with Crippen LogP contribution in [0.15, 0.2) is 60.7 Å². The van der Waals surface area contributed by atoms with Gasteiger partial charge in [-0.3, -0.25) is 14.8 Å². The number of benzene rings is 2. The molecule has 1 unspecified atom stereocenters. The van der Waals surface area contributed by atoms with E-state index in [1.807, 2.05) is 36.6 Å². The second-order valence-electron chi connectivity index (χ2n) is 5.96. The van der Waals surface area contributed by atoms with Gasteiger partial charge in [-0.15, -0.1) is 0 Å². The Morgan fingerprint density at radius 2 is 1.86 bits per heavy atom. The van der Waals surface area contributed by atoms with Gasteiger partial charge in [-0.1, -0.05) is 30.3 Å². The molecule has 2 rings (SSSR count). The van der Waals surface area contributed by atoms with Gasteiger partial charge < -0.3 is 10.1 Å². The van der Waals surface area contributed by atoms with Crippen LogP contribution in [0.4, 0.5) is 0 Å². The van der Waals surface area contributed by atoms with Crippen LogP contribution >= 0.6 is 11.8 Å². The molecule has 0 heterocycles. The molecule has 0 spiro atoms. The number of hydrogen-bond donors (Lipinski definition) is 3. The van der Waals surface area contributed by atoms with Gasteiger partial charge >= 0.3 is 0 Å². The van der Waals surface area contributed by atoms with Gasteiger partial charge in [0.15, 0.2) is 6.23 Å². The minimum absolute atomic E-state index is 0.241. The van der Waals surface area contributed by atoms with Crippen molar-refractivity contribution in [3.63, 3.8) is 0 Å². The van der Waals surface area contributed by atoms with Crippen LogP contribution in [-0.4, -0.2) is 35.3 Å². The summed E-state index contributed by atoms with van der Waals surface area (Å²) < 4.78 is 5.88. The SMILES string of the molecule is CSCCCC(NC(=O)/C=C/c1ccccc1)Oc1ccc(C(=O)NO)cc1. The summed E-state index contributed by atoms with van der Waals surface area (Å²) in [6.07, 6.45) is 6.31. The van der Waals surface area contributed by atoms with Gasteiger partial charge in [-0.25, -0.2) is 5.48 Å². The molecule has 2 amide bonds. The summed E-state index contributed by atoms with van der Waals surface area (Å²) in [5.74, 6) is 0.651. The molecular weight excluding hydrogens is 376 g/mol. The third kappa shape index (κ3) is 7.46. The smallest absolute Gasteiger partial charge is 0.274 e. The molecule has 2 aromatic carbocycles. The summed E-state index contributed by atoms with van der Waals surface area (Å²) in [4.78, 5) is 23.7. The monoisotopic (exact) mass is 400 g/mol. The first-order chi connectivity index (χ1) is 13.6. The van der Waals surface area contributed by atoms with Crippen LogP contribution in [-0.2, 0) is 4.79 Å². The predicted octanol–water partition coefficient (Wildman–Crippen LogP) is 3.48. The third-order valence-corrected chi connectivity index (χ3v) is 4.54. The van der Waals surface area contributed by atoms with Crippen LogP contribution in [0.2, 0.25) is 0 Å². The van der Waals surface area contributed by atoms with Gasteiger partial charge in [-0.05, 0) is 54.3 Å². The maximum absolute atomic E-state index is 12.3. The Bertz CT molecular complexity index is 779. The zero-order valence-electron chi connectivity index (χ0n) is 15.6. The Morgan fingerprint density at radius 1 is 1.14 bits per heavy atom. The number of nitrogens with one attached hydrogen (secondary N) is 2. The van der Waals surface area contributed by atoms with E-state index < -0.39 is 12.1 Å². The van der Waals surface area contributed by atoms with Crippen LogP contribution in [0.3, 0.4) is 0 Å². The molecule has 3 N–H and O–H groups in total. The van der Waals surface area contributed by atoms with Crippen LogP contribution in [0.5, 0.6) is 5.75 Å². The summed E-state index contributed by atoms with van der Waals surface area (Å²) in [7, 11) is 0. The molecule has 0 aliphatic rings. The molecule has 0 radical (unpaired) electrons. The number of amides is 2. The van der Waals surface area contributed by atoms with E-state index in [1.54, 1.807) is 35.5 Å². The predicted molar refractivity (Wildman–Crippen MR) is 111 cm³/mol. The lowest BCUT2D eigenvalue weighted by atomic mass is 10.2. The lowest BCUT2D eigenvalue weighted by Gasteiger charge is -2.20. The van der Waals surface area contributed by atoms with E-state index in [0.717, 1.165) is 17.7 Å². The van der Waals surface area contributed by atoms with Crippen molar-refractivity contribution in [2.75, 3.05) is 12.0 Å². The molecule has 28 heavy (non-hydrogen) atoms. The van der Waals surface area contributed by atoms with Crippen molar-refractivity contribution >= 4 is 29.7 Å². The highest BCUT2D eigenvalue weighted by molar-refractivity contribution is 7.98. The average molecular weight is 401 g/mol. The van der Waals surface area contributed by atoms with E-state index in [1.165, 1.54) is 18.2 Å². The molecule has 0 saturated carbocycles. The molecule has 7 heteroatoms. The maximum Gasteiger partial charge on any atom is 0.274 e. The van der Waals surface area contributed by atoms with Gasteiger partial charge in [0.2, 0.25) is 5.91 Å². The lowest BCUT2D eigenvalue weighted by Crippen LogP contribution is -2.38. The minimum Gasteiger partial charge on any atom is -0.471 e. The van der Waals surface area contributed by atoms with Crippen molar-refractivity contribution in [1.29, 1.82) is 0 Å². The van der Waals surface area contributed by atoms with Crippen molar-refractivity contribution in [2.45, 2.75) is 19.1 Å². The molecule has 0 bridgehead atoms. The largest absolute Gasteiger partial charge is 0.471 e. The summed E-state index contributed by atoms with van der Waals surface area (Å²) in [5.41, 5.74) is 2.83. The molecule has 0 aliphatic carbocycles. The first kappa shape index (κ1) is 21.5. The second kappa shape index (κ2) is 11.8. The summed E-state index contributed by atoms with van der Waals surface area (Å²) in [6, 6.07) is 15.9. The number of carbonyl (C=O) groups excluding carboxylic acids is 2. The molecule has 148 valence electrons. The van der Waals surface area contributed by atoms with Gasteiger partial charge in [0, 0.05) is 18.1 Å². The second-order valence-corrected chi connectivity index (χ2v) is 6.95. The molecule has 0 saturated heterocycles. The highest BCUT2D eigenvalue weighted by Crippen LogP contribution is 2.16. The zero-order chi connectivity index (χ0) is 20.2. The molecule has 6 nitrogen and oxygen atoms in total. The standard InChI is InChI=1S/C21H24N2O4S/c1-28-15-5-8-20(22-19(24)14-9-16-6-3-2-4-7-16)27-18-12-10-17(11-13-18)21(25)23-26/h2-4,6-7,9-14,20,26H,5,8,15H2,1H3,(H,22,24)(H,23,25)/b14-9+. The molecular formula is C21H24N2O4S. The number of carbonyl (C=O) groups is 2. The summed E-state index contributed by atoms with van der Waals surface area (Å²) in [6.45, 7) is 0. The lowest BCUT2D eigenvalue weighted by molar-refractivity contribution is -0.118. The van der Waals surface area contributed by atoms with Gasteiger partial charge in [-0.2, -0.15) is 11.8 Å². The van der Waals surface area contributed by atoms with Crippen LogP contribution in [0, 0.1) is 0 Å². The highest BCUT2D eigenvalue weighted by atomic mass is 32.2. The van der Waals surface area contributed by atoms with Gasteiger partial charge in [0.1, 0.15) is 5.75 Å². The molecule has 0 aromatic heterocycles. The Hall–Kier alpha value is -2.77. The van der Waals surface area contributed by atoms with Crippen molar-refractivity contribution in [2.24, 2.45) is 0 Å². The van der Waals surface area contributed by atoms with E-state index in [9.17, 15) is 9.59 Å². The van der Waals surface area contributed by atoms with Gasteiger partial charge in [0.05, 0.1) is 0 Å². The Morgan fingerprint density at radius 3 is 2.50 bits per heavy atom. The Kier molecular flexibility index (Phi) is 9.10. The Labute approximate surface area is 168 Å². The number of hydroxylamine groups is 1. The van der Waals surface area contributed by atoms with Crippen LogP contribution in [0.1, 0.15) is 28.8 Å². The van der Waals surface area contributed by atoms with E-state index in [2.05, 4.69) is 5.32 Å². The average Bonchev–Trinajstić information content (AvgIpc) is 2.73. The Balaban J connectivity index is 1.99. The van der Waals surface area contributed by atoms with Crippen LogP contribution in [0.25, 0.3) is 6.08 Å². The first-order valence-corrected chi connectivity index (χ1v) is 10.3. The zero-order valence-corrected chi connectivity index (χ0v) is 16.4. The summed E-state index contributed by atoms with van der Waals surface area (Å²) >= 11 is 1.73. The molecule has 1 atom stereocenters. The fourth-order valence-electron chi connectivity index (χ4n) is 2.43. The maximum atomic E-state index is 12.3. The van der Waals surface area contributed by atoms with Crippen molar-refractivity contribution in [3.05, 3.63) is 71.8 Å². The van der Waals surface area contributed by atoms with Gasteiger partial charge in [0.25, 0.3) is 5.91 Å².